The zero-order valence-corrected chi connectivity index (χ0v) is 18.5. The van der Waals surface area contributed by atoms with E-state index in [1.54, 1.807) is 0 Å². The molecule has 5 nitrogen and oxygen atoms in total. The van der Waals surface area contributed by atoms with E-state index in [9.17, 15) is 9.59 Å². The molecule has 1 saturated heterocycles. The summed E-state index contributed by atoms with van der Waals surface area (Å²) in [6.45, 7) is 12.6. The van der Waals surface area contributed by atoms with Crippen molar-refractivity contribution in [3.8, 4) is 0 Å². The lowest BCUT2D eigenvalue weighted by molar-refractivity contribution is -0.161. The number of hydrogen-bond donors (Lipinski definition) is 0. The molecule has 1 heterocycles. The Bertz CT molecular complexity index is 644. The average Bonchev–Trinajstić information content (AvgIpc) is 2.65. The molecule has 0 saturated carbocycles. The highest BCUT2D eigenvalue weighted by Gasteiger charge is 2.55. The Morgan fingerprint density at radius 3 is 2.11 bits per heavy atom. The van der Waals surface area contributed by atoms with Crippen molar-refractivity contribution in [3.63, 3.8) is 0 Å². The molecular weight excluding hydrogens is 358 g/mol. The molecule has 1 aliphatic rings. The van der Waals surface area contributed by atoms with Crippen LogP contribution in [0.2, 0.25) is 18.1 Å². The first-order valence-corrected chi connectivity index (χ1v) is 12.4. The summed E-state index contributed by atoms with van der Waals surface area (Å²) in [5.41, 5.74) is 0.747. The molecule has 0 bridgehead atoms. The lowest BCUT2D eigenvalue weighted by Crippen LogP contribution is -2.64. The molecule has 0 spiro atoms. The van der Waals surface area contributed by atoms with Gasteiger partial charge in [-0.25, -0.2) is 9.69 Å². The van der Waals surface area contributed by atoms with Gasteiger partial charge >= 0.3 is 6.09 Å². The molecule has 1 aromatic rings. The Hall–Kier alpha value is -1.66. The summed E-state index contributed by atoms with van der Waals surface area (Å²) in [6.07, 6.45) is -1.18. The normalized spacial score (nSPS) is 20.4. The Kier molecular flexibility index (Phi) is 6.86. The molecule has 1 fully saturated rings. The summed E-state index contributed by atoms with van der Waals surface area (Å²) in [6, 6.07) is 12.1. The molecule has 6 heteroatoms. The van der Waals surface area contributed by atoms with Gasteiger partial charge in [-0.3, -0.25) is 4.79 Å². The van der Waals surface area contributed by atoms with E-state index < -0.39 is 26.6 Å². The second kappa shape index (κ2) is 8.57. The fourth-order valence-electron chi connectivity index (χ4n) is 3.37. The number of β-lactam (4-membered cyclic amide) rings is 1. The van der Waals surface area contributed by atoms with E-state index in [2.05, 4.69) is 20.8 Å². The molecule has 2 rings (SSSR count). The minimum absolute atomic E-state index is 0.156. The average molecular weight is 392 g/mol. The third-order valence-electron chi connectivity index (χ3n) is 5.32. The van der Waals surface area contributed by atoms with Crippen LogP contribution >= 0.6 is 0 Å². The summed E-state index contributed by atoms with van der Waals surface area (Å²) in [7, 11) is -1.98. The third kappa shape index (κ3) is 4.79. The fourth-order valence-corrected chi connectivity index (χ4v) is 6.14. The van der Waals surface area contributed by atoms with Crippen LogP contribution in [-0.4, -0.2) is 37.9 Å². The Balaban J connectivity index is 2.26. The van der Waals surface area contributed by atoms with E-state index in [1.807, 2.05) is 51.1 Å². The highest BCUT2D eigenvalue weighted by molar-refractivity contribution is 6.73. The number of nitrogens with zero attached hydrogens (tertiary/aromatic N) is 1. The van der Waals surface area contributed by atoms with Gasteiger partial charge in [0, 0.05) is 0 Å². The summed E-state index contributed by atoms with van der Waals surface area (Å²) < 4.78 is 11.9. The Labute approximate surface area is 164 Å². The minimum Gasteiger partial charge on any atom is -0.449 e. The maximum Gasteiger partial charge on any atom is 0.417 e. The van der Waals surface area contributed by atoms with Crippen LogP contribution in [0.25, 0.3) is 0 Å². The van der Waals surface area contributed by atoms with Gasteiger partial charge in [0.15, 0.2) is 14.4 Å². The molecule has 27 heavy (non-hydrogen) atoms. The maximum absolute atomic E-state index is 12.9. The number of carbonyl (C=O) groups is 2. The number of rotatable bonds is 7. The third-order valence-corrected chi connectivity index (χ3v) is 9.94. The van der Waals surface area contributed by atoms with Crippen molar-refractivity contribution in [1.29, 1.82) is 0 Å². The number of hydrogen-bond acceptors (Lipinski definition) is 4. The van der Waals surface area contributed by atoms with Crippen LogP contribution in [-0.2, 0) is 14.0 Å². The van der Waals surface area contributed by atoms with Crippen LogP contribution < -0.4 is 0 Å². The molecule has 2 amide bonds. The minimum atomic E-state index is -1.98. The summed E-state index contributed by atoms with van der Waals surface area (Å²) in [5, 5.41) is 0. The first kappa shape index (κ1) is 21.6. The highest BCUT2D eigenvalue weighted by atomic mass is 28.4. The molecule has 2 atom stereocenters. The Morgan fingerprint density at radius 2 is 1.63 bits per heavy atom. The van der Waals surface area contributed by atoms with Crippen LogP contribution in [0.1, 0.15) is 53.1 Å². The van der Waals surface area contributed by atoms with Crippen molar-refractivity contribution in [1.82, 2.24) is 4.90 Å². The molecule has 1 aromatic carbocycles. The molecule has 150 valence electrons. The van der Waals surface area contributed by atoms with Crippen molar-refractivity contribution in [2.45, 2.75) is 71.8 Å². The number of carbonyl (C=O) groups excluding carboxylic acids is 2. The van der Waals surface area contributed by atoms with E-state index >= 15 is 0 Å². The molecule has 0 unspecified atom stereocenters. The number of benzene rings is 1. The number of likely N-dealkylation sites (tertiary alicyclic amines) is 1. The van der Waals surface area contributed by atoms with Gasteiger partial charge in [0.25, 0.3) is 5.91 Å². The predicted octanol–water partition coefficient (Wildman–Crippen LogP) is 5.14. The lowest BCUT2D eigenvalue weighted by atomic mass is 9.91. The molecule has 1 aliphatic heterocycles. The largest absolute Gasteiger partial charge is 0.449 e. The number of imide groups is 1. The van der Waals surface area contributed by atoms with Gasteiger partial charge in [0.05, 0.1) is 6.61 Å². The van der Waals surface area contributed by atoms with E-state index in [0.717, 1.165) is 23.7 Å². The Morgan fingerprint density at radius 1 is 1.07 bits per heavy atom. The van der Waals surface area contributed by atoms with Crippen molar-refractivity contribution >= 4 is 20.3 Å². The first-order valence-electron chi connectivity index (χ1n) is 9.90. The zero-order valence-electron chi connectivity index (χ0n) is 17.5. The second-order valence-electron chi connectivity index (χ2n) is 8.46. The topological polar surface area (TPSA) is 55.8 Å². The standard InChI is InChI=1S/C21H33NO4Si/c1-7-27(8-2,9-3)26-18-17(16-13-11-10-12-14-16)22(19(18)23)20(24)25-15-21(4,5)6/h10-14,17-18H,7-9,15H2,1-6H3/t17-,18+/m0/s1. The van der Waals surface area contributed by atoms with Gasteiger partial charge in [0.1, 0.15) is 6.04 Å². The predicted molar refractivity (Wildman–Crippen MR) is 109 cm³/mol. The van der Waals surface area contributed by atoms with Crippen LogP contribution in [0.5, 0.6) is 0 Å². The van der Waals surface area contributed by atoms with Crippen LogP contribution in [0.15, 0.2) is 30.3 Å². The van der Waals surface area contributed by atoms with Gasteiger partial charge in [-0.2, -0.15) is 0 Å². The van der Waals surface area contributed by atoms with Crippen molar-refractivity contribution < 1.29 is 18.8 Å². The van der Waals surface area contributed by atoms with Crippen LogP contribution in [0.3, 0.4) is 0 Å². The maximum atomic E-state index is 12.9. The molecule has 0 aliphatic carbocycles. The summed E-state index contributed by atoms with van der Waals surface area (Å²) >= 11 is 0. The van der Waals surface area contributed by atoms with Gasteiger partial charge in [-0.05, 0) is 29.1 Å². The van der Waals surface area contributed by atoms with Gasteiger partial charge < -0.3 is 9.16 Å². The first-order chi connectivity index (χ1) is 12.7. The lowest BCUT2D eigenvalue weighted by Gasteiger charge is -2.48. The van der Waals surface area contributed by atoms with E-state index in [-0.39, 0.29) is 17.9 Å². The highest BCUT2D eigenvalue weighted by Crippen LogP contribution is 2.41. The van der Waals surface area contributed by atoms with Crippen molar-refractivity contribution in [2.75, 3.05) is 6.61 Å². The number of ether oxygens (including phenoxy) is 1. The van der Waals surface area contributed by atoms with Gasteiger partial charge in [-0.15, -0.1) is 0 Å². The van der Waals surface area contributed by atoms with E-state index in [4.69, 9.17) is 9.16 Å². The molecule has 0 radical (unpaired) electrons. The molecule has 0 aromatic heterocycles. The van der Waals surface area contributed by atoms with Crippen LogP contribution in [0.4, 0.5) is 4.79 Å². The van der Waals surface area contributed by atoms with Crippen LogP contribution in [0, 0.1) is 5.41 Å². The summed E-state index contributed by atoms with van der Waals surface area (Å²) in [5.74, 6) is -0.282. The smallest absolute Gasteiger partial charge is 0.417 e. The quantitative estimate of drug-likeness (QED) is 0.477. The number of amides is 2. The van der Waals surface area contributed by atoms with E-state index in [1.165, 1.54) is 4.90 Å². The summed E-state index contributed by atoms with van der Waals surface area (Å²) in [4.78, 5) is 26.7. The monoisotopic (exact) mass is 391 g/mol. The fraction of sp³-hybridized carbons (Fsp3) is 0.619. The van der Waals surface area contributed by atoms with Crippen molar-refractivity contribution in [2.24, 2.45) is 5.41 Å². The van der Waals surface area contributed by atoms with E-state index in [0.29, 0.717) is 0 Å². The zero-order chi connectivity index (χ0) is 20.2. The van der Waals surface area contributed by atoms with Gasteiger partial charge in [0.2, 0.25) is 0 Å². The van der Waals surface area contributed by atoms with Gasteiger partial charge in [-0.1, -0.05) is 71.9 Å². The SMILES string of the molecule is CC[Si](CC)(CC)O[C@H]1C(=O)N(C(=O)OCC(C)(C)C)[C@H]1c1ccccc1. The van der Waals surface area contributed by atoms with Crippen molar-refractivity contribution in [3.05, 3.63) is 35.9 Å². The molecule has 0 N–H and O–H groups in total. The molecular formula is C21H33NO4Si. The second-order valence-corrected chi connectivity index (χ2v) is 13.2.